The Labute approximate surface area is 74.1 Å². The molecule has 0 heterocycles. The van der Waals surface area contributed by atoms with Gasteiger partial charge in [0.25, 0.3) is 0 Å². The van der Waals surface area contributed by atoms with E-state index in [4.69, 9.17) is 0 Å². The number of nitrogens with zero attached hydrogens (tertiary/aromatic N) is 1. The van der Waals surface area contributed by atoms with Crippen molar-refractivity contribution in [2.75, 3.05) is 14.1 Å². The number of amides is 1. The van der Waals surface area contributed by atoms with Gasteiger partial charge in [-0.3, -0.25) is 4.79 Å². The van der Waals surface area contributed by atoms with Crippen molar-refractivity contribution in [2.45, 2.75) is 38.3 Å². The second-order valence-corrected chi connectivity index (χ2v) is 3.52. The zero-order valence-electron chi connectivity index (χ0n) is 8.13. The van der Waals surface area contributed by atoms with Crippen LogP contribution in [0.2, 0.25) is 0 Å². The van der Waals surface area contributed by atoms with E-state index in [1.165, 1.54) is 12.8 Å². The van der Waals surface area contributed by atoms with Gasteiger partial charge in [0.1, 0.15) is 0 Å². The van der Waals surface area contributed by atoms with Crippen LogP contribution in [0.15, 0.2) is 0 Å². The number of nitrogens with one attached hydrogen (secondary N) is 1. The monoisotopic (exact) mass is 170 g/mol. The van der Waals surface area contributed by atoms with Gasteiger partial charge in [-0.25, -0.2) is 0 Å². The van der Waals surface area contributed by atoms with Gasteiger partial charge in [-0.15, -0.1) is 0 Å². The molecule has 3 heteroatoms. The summed E-state index contributed by atoms with van der Waals surface area (Å²) in [4.78, 5) is 12.9. The Hall–Kier alpha value is -0.570. The smallest absolute Gasteiger partial charge is 0.219 e. The van der Waals surface area contributed by atoms with Gasteiger partial charge in [-0.2, -0.15) is 0 Å². The van der Waals surface area contributed by atoms with Crippen LogP contribution >= 0.6 is 0 Å². The fraction of sp³-hybridized carbons (Fsp3) is 0.889. The molecular formula is C9H18N2O. The first-order valence-corrected chi connectivity index (χ1v) is 4.57. The fourth-order valence-electron chi connectivity index (χ4n) is 1.97. The Morgan fingerprint density at radius 2 is 2.17 bits per heavy atom. The lowest BCUT2D eigenvalue weighted by atomic mass is 10.1. The summed E-state index contributed by atoms with van der Waals surface area (Å²) in [5.74, 6) is 0.169. The van der Waals surface area contributed by atoms with E-state index in [9.17, 15) is 4.79 Å². The van der Waals surface area contributed by atoms with Gasteiger partial charge in [0.05, 0.1) is 0 Å². The summed E-state index contributed by atoms with van der Waals surface area (Å²) in [6.07, 6.45) is 3.56. The molecular weight excluding hydrogens is 152 g/mol. The third-order valence-corrected chi connectivity index (χ3v) is 2.84. The van der Waals surface area contributed by atoms with Gasteiger partial charge >= 0.3 is 0 Å². The van der Waals surface area contributed by atoms with Crippen LogP contribution in [0.4, 0.5) is 0 Å². The predicted octanol–water partition coefficient (Wildman–Crippen LogP) is 0.605. The first-order chi connectivity index (χ1) is 5.66. The Morgan fingerprint density at radius 3 is 2.67 bits per heavy atom. The number of carbonyl (C=O) groups excluding carboxylic acids is 1. The summed E-state index contributed by atoms with van der Waals surface area (Å²) in [5, 5.41) is 3.26. The van der Waals surface area contributed by atoms with E-state index in [2.05, 4.69) is 5.32 Å². The van der Waals surface area contributed by atoms with Gasteiger partial charge in [-0.1, -0.05) is 0 Å². The van der Waals surface area contributed by atoms with Crippen LogP contribution < -0.4 is 5.32 Å². The maximum Gasteiger partial charge on any atom is 0.219 e. The fourth-order valence-corrected chi connectivity index (χ4v) is 1.97. The van der Waals surface area contributed by atoms with Crippen molar-refractivity contribution in [3.63, 3.8) is 0 Å². The van der Waals surface area contributed by atoms with E-state index in [-0.39, 0.29) is 5.91 Å². The van der Waals surface area contributed by atoms with Crippen LogP contribution in [-0.4, -0.2) is 37.0 Å². The number of carbonyl (C=O) groups is 1. The normalized spacial score (nSPS) is 28.9. The van der Waals surface area contributed by atoms with Crippen LogP contribution in [0.3, 0.4) is 0 Å². The molecule has 0 spiro atoms. The molecule has 1 fully saturated rings. The van der Waals surface area contributed by atoms with Crippen molar-refractivity contribution >= 4 is 5.91 Å². The molecule has 0 aromatic rings. The number of likely N-dealkylation sites (N-methyl/N-ethyl adjacent to an activating group) is 2. The zero-order valence-corrected chi connectivity index (χ0v) is 8.13. The molecule has 70 valence electrons. The Bertz CT molecular complexity index is 170. The molecule has 2 unspecified atom stereocenters. The minimum Gasteiger partial charge on any atom is -0.341 e. The summed E-state index contributed by atoms with van der Waals surface area (Å²) in [6.45, 7) is 1.63. The predicted molar refractivity (Wildman–Crippen MR) is 48.9 cm³/mol. The van der Waals surface area contributed by atoms with Crippen molar-refractivity contribution in [3.05, 3.63) is 0 Å². The molecule has 1 N–H and O–H groups in total. The Morgan fingerprint density at radius 1 is 1.50 bits per heavy atom. The largest absolute Gasteiger partial charge is 0.341 e. The minimum absolute atomic E-state index is 0.169. The van der Waals surface area contributed by atoms with Crippen molar-refractivity contribution in [1.29, 1.82) is 0 Å². The molecule has 0 aromatic carbocycles. The summed E-state index contributed by atoms with van der Waals surface area (Å²) >= 11 is 0. The molecule has 1 aliphatic rings. The molecule has 0 radical (unpaired) electrons. The van der Waals surface area contributed by atoms with Gasteiger partial charge in [-0.05, 0) is 26.3 Å². The van der Waals surface area contributed by atoms with E-state index >= 15 is 0 Å². The van der Waals surface area contributed by atoms with E-state index < -0.39 is 0 Å². The second-order valence-electron chi connectivity index (χ2n) is 3.52. The maximum absolute atomic E-state index is 11.1. The lowest BCUT2D eigenvalue weighted by Gasteiger charge is -2.28. The molecule has 0 saturated heterocycles. The average Bonchev–Trinajstić information content (AvgIpc) is 2.49. The lowest BCUT2D eigenvalue weighted by Crippen LogP contribution is -2.45. The van der Waals surface area contributed by atoms with Crippen LogP contribution in [-0.2, 0) is 4.79 Å². The highest BCUT2D eigenvalue weighted by Crippen LogP contribution is 2.22. The van der Waals surface area contributed by atoms with Crippen LogP contribution in [0.5, 0.6) is 0 Å². The van der Waals surface area contributed by atoms with E-state index in [1.54, 1.807) is 6.92 Å². The summed E-state index contributed by atoms with van der Waals surface area (Å²) in [7, 11) is 3.86. The third-order valence-electron chi connectivity index (χ3n) is 2.84. The van der Waals surface area contributed by atoms with Gasteiger partial charge in [0, 0.05) is 26.1 Å². The highest BCUT2D eigenvalue weighted by atomic mass is 16.2. The van der Waals surface area contributed by atoms with Crippen LogP contribution in [0, 0.1) is 0 Å². The van der Waals surface area contributed by atoms with E-state index in [0.717, 1.165) is 6.42 Å². The summed E-state index contributed by atoms with van der Waals surface area (Å²) < 4.78 is 0. The molecule has 0 bridgehead atoms. The van der Waals surface area contributed by atoms with E-state index in [1.807, 2.05) is 19.0 Å². The van der Waals surface area contributed by atoms with Crippen molar-refractivity contribution in [3.8, 4) is 0 Å². The van der Waals surface area contributed by atoms with E-state index in [0.29, 0.717) is 12.1 Å². The van der Waals surface area contributed by atoms with Gasteiger partial charge < -0.3 is 10.2 Å². The summed E-state index contributed by atoms with van der Waals surface area (Å²) in [6, 6.07) is 0.909. The molecule has 1 saturated carbocycles. The Balaban J connectivity index is 2.55. The molecule has 12 heavy (non-hydrogen) atoms. The third kappa shape index (κ3) is 1.78. The molecule has 2 atom stereocenters. The lowest BCUT2D eigenvalue weighted by molar-refractivity contribution is -0.129. The second kappa shape index (κ2) is 3.90. The molecule has 1 aliphatic carbocycles. The Kier molecular flexibility index (Phi) is 3.09. The first-order valence-electron chi connectivity index (χ1n) is 4.57. The molecule has 3 nitrogen and oxygen atoms in total. The number of hydrogen-bond donors (Lipinski definition) is 1. The molecule has 0 aliphatic heterocycles. The zero-order chi connectivity index (χ0) is 9.14. The molecule has 1 amide bonds. The van der Waals surface area contributed by atoms with Crippen LogP contribution in [0.1, 0.15) is 26.2 Å². The van der Waals surface area contributed by atoms with Gasteiger partial charge in [0.2, 0.25) is 5.91 Å². The van der Waals surface area contributed by atoms with Crippen molar-refractivity contribution in [1.82, 2.24) is 10.2 Å². The molecule has 0 aromatic heterocycles. The number of hydrogen-bond acceptors (Lipinski definition) is 2. The molecule has 1 rings (SSSR count). The van der Waals surface area contributed by atoms with Crippen molar-refractivity contribution < 1.29 is 4.79 Å². The average molecular weight is 170 g/mol. The van der Waals surface area contributed by atoms with Crippen molar-refractivity contribution in [2.24, 2.45) is 0 Å². The first kappa shape index (κ1) is 9.52. The van der Waals surface area contributed by atoms with Crippen LogP contribution in [0.25, 0.3) is 0 Å². The SMILES string of the molecule is CNC1CCCC1N(C)C(C)=O. The highest BCUT2D eigenvalue weighted by Gasteiger charge is 2.30. The topological polar surface area (TPSA) is 32.3 Å². The minimum atomic E-state index is 0.169. The van der Waals surface area contributed by atoms with Gasteiger partial charge in [0.15, 0.2) is 0 Å². The summed E-state index contributed by atoms with van der Waals surface area (Å²) in [5.41, 5.74) is 0. The highest BCUT2D eigenvalue weighted by molar-refractivity contribution is 5.73. The number of rotatable bonds is 2. The maximum atomic E-state index is 11.1. The quantitative estimate of drug-likeness (QED) is 0.658. The standard InChI is InChI=1S/C9H18N2O/c1-7(12)11(3)9-6-4-5-8(9)10-2/h8-10H,4-6H2,1-3H3.